The van der Waals surface area contributed by atoms with Gasteiger partial charge < -0.3 is 4.90 Å². The fraction of sp³-hybridized carbons (Fsp3) is 0.583. The Kier molecular flexibility index (Phi) is 8.57. The van der Waals surface area contributed by atoms with E-state index in [4.69, 9.17) is 0 Å². The van der Waals surface area contributed by atoms with Crippen molar-refractivity contribution in [1.29, 1.82) is 5.26 Å². The predicted molar refractivity (Wildman–Crippen MR) is 119 cm³/mol. The van der Waals surface area contributed by atoms with Crippen LogP contribution in [0.4, 0.5) is 5.69 Å². The summed E-state index contributed by atoms with van der Waals surface area (Å²) in [6, 6.07) is 6.54. The number of hydrogen-bond acceptors (Lipinski definition) is 3. The molecule has 1 aromatic carbocycles. The molecule has 0 unspecified atom stereocenters. The van der Waals surface area contributed by atoms with Crippen molar-refractivity contribution in [3.63, 3.8) is 0 Å². The van der Waals surface area contributed by atoms with Gasteiger partial charge in [-0.25, -0.2) is 0 Å². The molecule has 0 bridgehead atoms. The quantitative estimate of drug-likeness (QED) is 0.576. The number of fused-ring (bicyclic) bond motifs is 1. The Morgan fingerprint density at radius 1 is 1.04 bits per heavy atom. The summed E-state index contributed by atoms with van der Waals surface area (Å²) >= 11 is 0. The first-order valence-corrected chi connectivity index (χ1v) is 10.8. The Bertz CT molecular complexity index is 792. The minimum atomic E-state index is 0.730. The molecular weight excluding hydrogens is 344 g/mol. The molecule has 0 radical (unpaired) electrons. The number of unbranched alkanes of at least 4 members (excludes halogenated alkanes) is 5. The van der Waals surface area contributed by atoms with Crippen LogP contribution >= 0.6 is 0 Å². The highest BCUT2D eigenvalue weighted by Gasteiger charge is 2.19. The van der Waals surface area contributed by atoms with Gasteiger partial charge in [0.1, 0.15) is 0 Å². The summed E-state index contributed by atoms with van der Waals surface area (Å²) in [5, 5.41) is 13.8. The summed E-state index contributed by atoms with van der Waals surface area (Å²) in [5.41, 5.74) is 6.40. The van der Waals surface area contributed by atoms with Gasteiger partial charge in [0.25, 0.3) is 0 Å². The maximum Gasteiger partial charge on any atom is 0.0998 e. The standard InChI is InChI=1S/C16H18N4.C8H18/c1-11-15(10-18-20(11)3)14-7-12-5-4-6-19(2)16(12)8-13(14)9-17;1-3-5-7-8-6-4-2/h7-8,10H,4-6H2,1-3H3;3-8H2,1-2H3. The van der Waals surface area contributed by atoms with E-state index in [0.717, 1.165) is 35.3 Å². The fourth-order valence-corrected chi connectivity index (χ4v) is 3.75. The molecule has 4 nitrogen and oxygen atoms in total. The molecule has 0 aliphatic carbocycles. The monoisotopic (exact) mass is 380 g/mol. The Hall–Kier alpha value is -2.28. The molecule has 1 aromatic heterocycles. The SMILES string of the molecule is CCCCCCCC.Cc1c(-c2cc3c(cc2C#N)N(C)CCC3)cnn1C. The second kappa shape index (κ2) is 10.9. The zero-order valence-corrected chi connectivity index (χ0v) is 18.4. The molecule has 152 valence electrons. The highest BCUT2D eigenvalue weighted by molar-refractivity contribution is 5.77. The van der Waals surface area contributed by atoms with Gasteiger partial charge in [0.2, 0.25) is 0 Å². The van der Waals surface area contributed by atoms with Crippen LogP contribution in [0.5, 0.6) is 0 Å². The van der Waals surface area contributed by atoms with Crippen molar-refractivity contribution in [2.24, 2.45) is 7.05 Å². The molecule has 3 rings (SSSR count). The molecule has 2 heterocycles. The molecule has 0 N–H and O–H groups in total. The Morgan fingerprint density at radius 2 is 1.71 bits per heavy atom. The fourth-order valence-electron chi connectivity index (χ4n) is 3.75. The van der Waals surface area contributed by atoms with E-state index in [1.165, 1.54) is 56.2 Å². The molecule has 0 spiro atoms. The lowest BCUT2D eigenvalue weighted by Crippen LogP contribution is -2.24. The molecule has 28 heavy (non-hydrogen) atoms. The number of nitriles is 1. The van der Waals surface area contributed by atoms with Crippen molar-refractivity contribution in [1.82, 2.24) is 9.78 Å². The summed E-state index contributed by atoms with van der Waals surface area (Å²) < 4.78 is 1.85. The Balaban J connectivity index is 0.000000300. The normalized spacial score (nSPS) is 12.8. The predicted octanol–water partition coefficient (Wildman–Crippen LogP) is 6.02. The van der Waals surface area contributed by atoms with Crippen LogP contribution in [0.3, 0.4) is 0 Å². The summed E-state index contributed by atoms with van der Waals surface area (Å²) in [6.45, 7) is 7.61. The van der Waals surface area contributed by atoms with Crippen molar-refractivity contribution >= 4 is 5.69 Å². The van der Waals surface area contributed by atoms with E-state index < -0.39 is 0 Å². The van der Waals surface area contributed by atoms with Crippen LogP contribution in [-0.4, -0.2) is 23.4 Å². The second-order valence-corrected chi connectivity index (χ2v) is 7.84. The molecule has 1 aliphatic rings. The maximum absolute atomic E-state index is 9.47. The van der Waals surface area contributed by atoms with Crippen LogP contribution in [0.2, 0.25) is 0 Å². The van der Waals surface area contributed by atoms with Crippen LogP contribution < -0.4 is 4.90 Å². The van der Waals surface area contributed by atoms with Crippen LogP contribution in [-0.2, 0) is 13.5 Å². The summed E-state index contributed by atoms with van der Waals surface area (Å²) in [5.74, 6) is 0. The number of benzene rings is 1. The van der Waals surface area contributed by atoms with Gasteiger partial charge in [-0.2, -0.15) is 10.4 Å². The average molecular weight is 381 g/mol. The average Bonchev–Trinajstić information content (AvgIpc) is 3.04. The lowest BCUT2D eigenvalue weighted by Gasteiger charge is -2.28. The minimum absolute atomic E-state index is 0.730. The van der Waals surface area contributed by atoms with Crippen molar-refractivity contribution in [3.8, 4) is 17.2 Å². The smallest absolute Gasteiger partial charge is 0.0998 e. The van der Waals surface area contributed by atoms with Crippen molar-refractivity contribution in [2.75, 3.05) is 18.5 Å². The van der Waals surface area contributed by atoms with Gasteiger partial charge in [-0.05, 0) is 37.5 Å². The molecule has 0 atom stereocenters. The number of anilines is 1. The third-order valence-corrected chi connectivity index (χ3v) is 5.67. The molecule has 0 amide bonds. The summed E-state index contributed by atoms with van der Waals surface area (Å²) in [6.07, 6.45) is 12.6. The van der Waals surface area contributed by atoms with E-state index in [1.807, 2.05) is 30.9 Å². The van der Waals surface area contributed by atoms with E-state index in [1.54, 1.807) is 0 Å². The van der Waals surface area contributed by atoms with Crippen molar-refractivity contribution < 1.29 is 0 Å². The van der Waals surface area contributed by atoms with Gasteiger partial charge in [0.15, 0.2) is 0 Å². The molecule has 1 aliphatic heterocycles. The van der Waals surface area contributed by atoms with Crippen LogP contribution in [0, 0.1) is 18.3 Å². The minimum Gasteiger partial charge on any atom is -0.374 e. The lowest BCUT2D eigenvalue weighted by molar-refractivity contribution is 0.624. The van der Waals surface area contributed by atoms with Gasteiger partial charge in [0.05, 0.1) is 17.8 Å². The van der Waals surface area contributed by atoms with Gasteiger partial charge in [-0.3, -0.25) is 4.68 Å². The molecule has 0 saturated heterocycles. The molecule has 2 aromatic rings. The number of aromatic nitrogens is 2. The van der Waals surface area contributed by atoms with Crippen molar-refractivity contribution in [2.45, 2.75) is 72.1 Å². The van der Waals surface area contributed by atoms with Gasteiger partial charge in [-0.1, -0.05) is 52.4 Å². The first kappa shape index (κ1) is 22.0. The van der Waals surface area contributed by atoms with Gasteiger partial charge in [0, 0.05) is 43.1 Å². The molecule has 4 heteroatoms. The van der Waals surface area contributed by atoms with Crippen molar-refractivity contribution in [3.05, 3.63) is 35.2 Å². The summed E-state index contributed by atoms with van der Waals surface area (Å²) in [4.78, 5) is 2.24. The van der Waals surface area contributed by atoms with Gasteiger partial charge in [-0.15, -0.1) is 0 Å². The summed E-state index contributed by atoms with van der Waals surface area (Å²) in [7, 11) is 4.02. The van der Waals surface area contributed by atoms with E-state index in [-0.39, 0.29) is 0 Å². The van der Waals surface area contributed by atoms with E-state index in [0.29, 0.717) is 0 Å². The second-order valence-electron chi connectivity index (χ2n) is 7.84. The largest absolute Gasteiger partial charge is 0.374 e. The molecule has 0 saturated carbocycles. The van der Waals surface area contributed by atoms with Crippen LogP contribution in [0.15, 0.2) is 18.3 Å². The van der Waals surface area contributed by atoms with E-state index >= 15 is 0 Å². The third-order valence-electron chi connectivity index (χ3n) is 5.67. The number of nitrogens with zero attached hydrogens (tertiary/aromatic N) is 4. The Morgan fingerprint density at radius 3 is 2.25 bits per heavy atom. The van der Waals surface area contributed by atoms with E-state index in [9.17, 15) is 5.26 Å². The van der Waals surface area contributed by atoms with Crippen LogP contribution in [0.1, 0.15) is 75.6 Å². The number of aryl methyl sites for hydroxylation is 2. The van der Waals surface area contributed by atoms with E-state index in [2.05, 4.69) is 43.0 Å². The maximum atomic E-state index is 9.47. The highest BCUT2D eigenvalue weighted by atomic mass is 15.3. The number of hydrogen-bond donors (Lipinski definition) is 0. The van der Waals surface area contributed by atoms with Crippen LogP contribution in [0.25, 0.3) is 11.1 Å². The number of rotatable bonds is 6. The first-order valence-electron chi connectivity index (χ1n) is 10.8. The zero-order chi connectivity index (χ0) is 20.5. The highest BCUT2D eigenvalue weighted by Crippen LogP contribution is 2.34. The van der Waals surface area contributed by atoms with Gasteiger partial charge >= 0.3 is 0 Å². The first-order chi connectivity index (χ1) is 13.5. The topological polar surface area (TPSA) is 44.9 Å². The lowest BCUT2D eigenvalue weighted by atomic mass is 9.93. The molecule has 0 fully saturated rings. The Labute approximate surface area is 171 Å². The molecular formula is C24H36N4. The third kappa shape index (κ3) is 5.38. The zero-order valence-electron chi connectivity index (χ0n) is 18.4.